The van der Waals surface area contributed by atoms with Crippen LogP contribution < -0.4 is 0 Å². The molecule has 2 nitrogen and oxygen atoms in total. The van der Waals surface area contributed by atoms with Crippen LogP contribution in [0.4, 0.5) is 0 Å². The summed E-state index contributed by atoms with van der Waals surface area (Å²) in [5, 5.41) is 4.40. The van der Waals surface area contributed by atoms with E-state index in [1.165, 1.54) is 0 Å². The quantitative estimate of drug-likeness (QED) is 0.736. The fourth-order valence-corrected chi connectivity index (χ4v) is 6.05. The second-order valence-electron chi connectivity index (χ2n) is 4.78. The Morgan fingerprint density at radius 2 is 2.00 bits per heavy atom. The third-order valence-corrected chi connectivity index (χ3v) is 7.15. The minimum Gasteiger partial charge on any atom is -0.294 e. The number of thioether (sulfide) groups is 1. The van der Waals surface area contributed by atoms with E-state index >= 15 is 0 Å². The first-order valence-electron chi connectivity index (χ1n) is 6.33. The first kappa shape index (κ1) is 12.6. The molecule has 1 aliphatic heterocycles. The molecule has 2 aliphatic rings. The first-order valence-corrected chi connectivity index (χ1v) is 8.97. The zero-order valence-electron chi connectivity index (χ0n) is 10.4. The Bertz CT molecular complexity index is 730. The van der Waals surface area contributed by atoms with Gasteiger partial charge in [0.1, 0.15) is 0 Å². The number of rotatable bonds is 2. The largest absolute Gasteiger partial charge is 0.294 e. The van der Waals surface area contributed by atoms with Crippen LogP contribution in [0.15, 0.2) is 29.0 Å². The molecule has 0 radical (unpaired) electrons. The second-order valence-corrected chi connectivity index (χ2v) is 7.89. The van der Waals surface area contributed by atoms with Gasteiger partial charge in [0.15, 0.2) is 11.6 Å². The molecule has 2 aromatic heterocycles. The van der Waals surface area contributed by atoms with Crippen LogP contribution in [0, 0.1) is 0 Å². The number of Topliss-reactive ketones (excluding diaryl/α,β-unsaturated/α-hetero) is 2. The van der Waals surface area contributed by atoms with E-state index in [0.29, 0.717) is 16.4 Å². The van der Waals surface area contributed by atoms with Gasteiger partial charge in [0.25, 0.3) is 0 Å². The van der Waals surface area contributed by atoms with E-state index in [0.717, 1.165) is 21.1 Å². The Morgan fingerprint density at radius 1 is 1.15 bits per heavy atom. The average Bonchev–Trinajstić information content (AvgIpc) is 3.17. The van der Waals surface area contributed by atoms with Crippen molar-refractivity contribution in [2.45, 2.75) is 18.1 Å². The van der Waals surface area contributed by atoms with Crippen molar-refractivity contribution in [3.8, 4) is 9.75 Å². The van der Waals surface area contributed by atoms with E-state index in [9.17, 15) is 9.59 Å². The van der Waals surface area contributed by atoms with Crippen LogP contribution in [0.3, 0.4) is 0 Å². The number of carbonyl (C=O) groups excluding carboxylic acids is 2. The topological polar surface area (TPSA) is 34.1 Å². The van der Waals surface area contributed by atoms with Crippen LogP contribution in [0.2, 0.25) is 0 Å². The maximum Gasteiger partial charge on any atom is 0.172 e. The van der Waals surface area contributed by atoms with E-state index in [-0.39, 0.29) is 18.0 Å². The lowest BCUT2D eigenvalue weighted by atomic mass is 10.1. The van der Waals surface area contributed by atoms with Gasteiger partial charge in [-0.15, -0.1) is 34.4 Å². The van der Waals surface area contributed by atoms with Gasteiger partial charge in [0, 0.05) is 26.1 Å². The summed E-state index contributed by atoms with van der Waals surface area (Å²) in [5.41, 5.74) is 1.40. The van der Waals surface area contributed by atoms with Gasteiger partial charge in [0.2, 0.25) is 0 Å². The Kier molecular flexibility index (Phi) is 2.94. The number of hydrogen-bond donors (Lipinski definition) is 0. The molecule has 5 heteroatoms. The van der Waals surface area contributed by atoms with Crippen molar-refractivity contribution in [2.75, 3.05) is 0 Å². The molecule has 0 saturated heterocycles. The minimum atomic E-state index is -0.00754. The number of ketones is 2. The second kappa shape index (κ2) is 4.69. The van der Waals surface area contributed by atoms with Gasteiger partial charge < -0.3 is 0 Å². The van der Waals surface area contributed by atoms with Crippen molar-refractivity contribution >= 4 is 46.0 Å². The van der Waals surface area contributed by atoms with Gasteiger partial charge in [-0.25, -0.2) is 0 Å². The fraction of sp³-hybridized carbons (Fsp3) is 0.200. The summed E-state index contributed by atoms with van der Waals surface area (Å²) >= 11 is 5.00. The summed E-state index contributed by atoms with van der Waals surface area (Å²) in [6.07, 6.45) is 3.13. The highest BCUT2D eigenvalue weighted by Gasteiger charge is 2.38. The first-order chi connectivity index (χ1) is 9.75. The molecule has 0 spiro atoms. The molecule has 0 saturated carbocycles. The highest BCUT2D eigenvalue weighted by atomic mass is 32.2. The van der Waals surface area contributed by atoms with E-state index in [1.54, 1.807) is 34.4 Å². The van der Waals surface area contributed by atoms with Crippen LogP contribution in [0.25, 0.3) is 9.75 Å². The van der Waals surface area contributed by atoms with Crippen molar-refractivity contribution < 1.29 is 9.59 Å². The predicted molar refractivity (Wildman–Crippen MR) is 85.0 cm³/mol. The van der Waals surface area contributed by atoms with Crippen LogP contribution in [-0.4, -0.2) is 11.6 Å². The van der Waals surface area contributed by atoms with Crippen molar-refractivity contribution in [1.82, 2.24) is 0 Å². The number of carbonyl (C=O) groups is 2. The van der Waals surface area contributed by atoms with Crippen molar-refractivity contribution in [2.24, 2.45) is 0 Å². The van der Waals surface area contributed by atoms with Crippen LogP contribution in [-0.2, 0) is 0 Å². The highest BCUT2D eigenvalue weighted by Crippen LogP contribution is 2.50. The molecule has 0 amide bonds. The number of thiophene rings is 2. The molecule has 100 valence electrons. The van der Waals surface area contributed by atoms with Crippen molar-refractivity contribution in [3.63, 3.8) is 0 Å². The summed E-state index contributed by atoms with van der Waals surface area (Å²) < 4.78 is 0. The molecule has 2 aromatic rings. The Balaban J connectivity index is 1.93. The van der Waals surface area contributed by atoms with E-state index in [1.807, 2.05) is 17.5 Å². The normalized spacial score (nSPS) is 20.9. The number of fused-ring (bicyclic) bond motifs is 1. The van der Waals surface area contributed by atoms with Gasteiger partial charge in [-0.3, -0.25) is 9.59 Å². The van der Waals surface area contributed by atoms with Gasteiger partial charge in [-0.05, 0) is 23.3 Å². The van der Waals surface area contributed by atoms with E-state index in [2.05, 4.69) is 11.5 Å². The lowest BCUT2D eigenvalue weighted by Gasteiger charge is -2.06. The fourth-order valence-electron chi connectivity index (χ4n) is 2.68. The third-order valence-electron chi connectivity index (χ3n) is 3.54. The maximum absolute atomic E-state index is 12.2. The lowest BCUT2D eigenvalue weighted by Crippen LogP contribution is -1.97. The summed E-state index contributed by atoms with van der Waals surface area (Å²) in [4.78, 5) is 27.6. The predicted octanol–water partition coefficient (Wildman–Crippen LogP) is 4.94. The number of allylic oxidation sites excluding steroid dienone is 1. The van der Waals surface area contributed by atoms with Gasteiger partial charge in [0.05, 0.1) is 11.3 Å². The molecule has 0 aromatic carbocycles. The Hall–Kier alpha value is -1.17. The van der Waals surface area contributed by atoms with E-state index in [4.69, 9.17) is 0 Å². The standard InChI is InChI=1S/C15H10O2S3/c16-8-7-9(17)13-12(8)14(10-3-1-5-18-10)20-15(13)11-4-2-6-19-11/h1-3,5-6,11H,4,7H2. The third kappa shape index (κ3) is 1.77. The Labute approximate surface area is 128 Å². The van der Waals surface area contributed by atoms with Crippen LogP contribution in [0.1, 0.15) is 43.7 Å². The lowest BCUT2D eigenvalue weighted by molar-refractivity contribution is 0.0923. The number of hydrogen-bond acceptors (Lipinski definition) is 5. The van der Waals surface area contributed by atoms with E-state index < -0.39 is 0 Å². The molecular formula is C15H10O2S3. The summed E-state index contributed by atoms with van der Waals surface area (Å²) in [6.45, 7) is 0. The van der Waals surface area contributed by atoms with Gasteiger partial charge >= 0.3 is 0 Å². The SMILES string of the molecule is O=C1CC(=O)c2c(C3CC=CS3)sc(-c3cccs3)c21. The van der Waals surface area contributed by atoms with Gasteiger partial charge in [-0.1, -0.05) is 12.1 Å². The maximum atomic E-state index is 12.2. The molecule has 3 heterocycles. The molecule has 1 aliphatic carbocycles. The average molecular weight is 318 g/mol. The van der Waals surface area contributed by atoms with Crippen molar-refractivity contribution in [1.29, 1.82) is 0 Å². The monoisotopic (exact) mass is 318 g/mol. The summed E-state index contributed by atoms with van der Waals surface area (Å²) in [5.74, 6) is -0.00147. The highest BCUT2D eigenvalue weighted by molar-refractivity contribution is 8.02. The van der Waals surface area contributed by atoms with Gasteiger partial charge in [-0.2, -0.15) is 0 Å². The zero-order valence-corrected chi connectivity index (χ0v) is 12.9. The molecular weight excluding hydrogens is 308 g/mol. The van der Waals surface area contributed by atoms with Crippen LogP contribution >= 0.6 is 34.4 Å². The summed E-state index contributed by atoms with van der Waals surface area (Å²) in [7, 11) is 0. The molecule has 20 heavy (non-hydrogen) atoms. The molecule has 1 unspecified atom stereocenters. The zero-order chi connectivity index (χ0) is 13.7. The Morgan fingerprint density at radius 3 is 2.70 bits per heavy atom. The molecule has 0 fully saturated rings. The van der Waals surface area contributed by atoms with Crippen molar-refractivity contribution in [3.05, 3.63) is 45.0 Å². The van der Waals surface area contributed by atoms with Crippen LogP contribution in [0.5, 0.6) is 0 Å². The summed E-state index contributed by atoms with van der Waals surface area (Å²) in [6, 6.07) is 4.01. The molecule has 0 bridgehead atoms. The smallest absolute Gasteiger partial charge is 0.172 e. The minimum absolute atomic E-state index is 0.00607. The molecule has 4 rings (SSSR count). The molecule has 0 N–H and O–H groups in total. The molecule has 1 atom stereocenters.